The van der Waals surface area contributed by atoms with Gasteiger partial charge in [0.2, 0.25) is 0 Å². The number of nitro groups is 1. The van der Waals surface area contributed by atoms with Gasteiger partial charge in [-0.1, -0.05) is 0 Å². The lowest BCUT2D eigenvalue weighted by atomic mass is 9.77. The van der Waals surface area contributed by atoms with E-state index >= 15 is 0 Å². The van der Waals surface area contributed by atoms with Crippen molar-refractivity contribution in [2.75, 3.05) is 38.3 Å². The highest BCUT2D eigenvalue weighted by Crippen LogP contribution is 2.41. The van der Waals surface area contributed by atoms with E-state index in [1.807, 2.05) is 0 Å². The number of ether oxygens (including phenoxy) is 2. The molecule has 3 rings (SSSR count). The van der Waals surface area contributed by atoms with Crippen LogP contribution < -0.4 is 9.64 Å². The predicted octanol–water partition coefficient (Wildman–Crippen LogP) is 2.22. The van der Waals surface area contributed by atoms with Crippen LogP contribution in [0, 0.1) is 15.5 Å². The molecule has 0 saturated carbocycles. The normalized spacial score (nSPS) is 20.6. The van der Waals surface area contributed by atoms with E-state index in [0.717, 1.165) is 44.8 Å². The van der Waals surface area contributed by atoms with E-state index < -0.39 is 4.92 Å². The number of hydrogen-bond acceptors (Lipinski definition) is 5. The molecule has 6 nitrogen and oxygen atoms in total. The van der Waals surface area contributed by atoms with Crippen LogP contribution in [0.5, 0.6) is 5.75 Å². The van der Waals surface area contributed by atoms with Gasteiger partial charge < -0.3 is 14.4 Å². The molecule has 0 N–H and O–H groups in total. The van der Waals surface area contributed by atoms with Gasteiger partial charge in [-0.3, -0.25) is 10.1 Å². The van der Waals surface area contributed by atoms with Crippen LogP contribution in [0.15, 0.2) is 18.2 Å². The maximum Gasteiger partial charge on any atom is 0.273 e. The minimum absolute atomic E-state index is 0.0615. The maximum atomic E-state index is 10.8. The second-order valence-corrected chi connectivity index (χ2v) is 5.59. The van der Waals surface area contributed by atoms with Crippen molar-refractivity contribution in [1.82, 2.24) is 0 Å². The van der Waals surface area contributed by atoms with Crippen molar-refractivity contribution in [2.45, 2.75) is 12.8 Å². The lowest BCUT2D eigenvalue weighted by Crippen LogP contribution is -2.51. The van der Waals surface area contributed by atoms with Crippen molar-refractivity contribution in [2.24, 2.45) is 5.41 Å². The number of benzene rings is 1. The van der Waals surface area contributed by atoms with E-state index in [0.29, 0.717) is 11.2 Å². The third-order valence-corrected chi connectivity index (χ3v) is 4.36. The topological polar surface area (TPSA) is 64.8 Å². The van der Waals surface area contributed by atoms with Gasteiger partial charge in [0.05, 0.1) is 37.0 Å². The first kappa shape index (κ1) is 13.2. The van der Waals surface area contributed by atoms with E-state index in [1.165, 1.54) is 12.1 Å². The number of piperidine rings is 1. The molecule has 6 heteroatoms. The smallest absolute Gasteiger partial charge is 0.273 e. The van der Waals surface area contributed by atoms with Crippen molar-refractivity contribution in [3.05, 3.63) is 28.3 Å². The van der Waals surface area contributed by atoms with E-state index in [1.54, 1.807) is 13.2 Å². The van der Waals surface area contributed by atoms with Gasteiger partial charge in [-0.15, -0.1) is 0 Å². The highest BCUT2D eigenvalue weighted by Gasteiger charge is 2.41. The summed E-state index contributed by atoms with van der Waals surface area (Å²) < 4.78 is 10.6. The molecule has 0 bridgehead atoms. The van der Waals surface area contributed by atoms with Crippen molar-refractivity contribution < 1.29 is 14.4 Å². The first-order valence-corrected chi connectivity index (χ1v) is 6.79. The summed E-state index contributed by atoms with van der Waals surface area (Å²) in [5.41, 5.74) is 1.38. The highest BCUT2D eigenvalue weighted by molar-refractivity contribution is 5.62. The second kappa shape index (κ2) is 4.94. The molecule has 20 heavy (non-hydrogen) atoms. The number of nitro benzene ring substituents is 1. The lowest BCUT2D eigenvalue weighted by Gasteiger charge is -2.47. The largest absolute Gasteiger partial charge is 0.494 e. The third-order valence-electron chi connectivity index (χ3n) is 4.36. The molecule has 1 spiro atoms. The predicted molar refractivity (Wildman–Crippen MR) is 74.3 cm³/mol. The number of non-ortho nitro benzene ring substituents is 1. The molecule has 0 aromatic heterocycles. The lowest BCUT2D eigenvalue weighted by molar-refractivity contribution is -0.384. The molecule has 2 fully saturated rings. The molecule has 0 amide bonds. The van der Waals surface area contributed by atoms with Gasteiger partial charge in [0.15, 0.2) is 0 Å². The van der Waals surface area contributed by atoms with Gasteiger partial charge >= 0.3 is 0 Å². The fourth-order valence-corrected chi connectivity index (χ4v) is 2.94. The van der Waals surface area contributed by atoms with Crippen molar-refractivity contribution in [3.63, 3.8) is 0 Å². The number of nitrogens with zero attached hydrogens (tertiary/aromatic N) is 2. The number of anilines is 1. The minimum Gasteiger partial charge on any atom is -0.494 e. The molecule has 0 aliphatic carbocycles. The van der Waals surface area contributed by atoms with Gasteiger partial charge in [0.25, 0.3) is 5.69 Å². The Morgan fingerprint density at radius 1 is 1.35 bits per heavy atom. The van der Waals surface area contributed by atoms with Crippen LogP contribution in [0.2, 0.25) is 0 Å². The summed E-state index contributed by atoms with van der Waals surface area (Å²) in [5.74, 6) is 0.569. The van der Waals surface area contributed by atoms with E-state index in [-0.39, 0.29) is 5.69 Å². The zero-order chi connectivity index (χ0) is 14.2. The molecule has 0 unspecified atom stereocenters. The van der Waals surface area contributed by atoms with Gasteiger partial charge in [-0.2, -0.15) is 0 Å². The van der Waals surface area contributed by atoms with Crippen LogP contribution >= 0.6 is 0 Å². The van der Waals surface area contributed by atoms with Crippen molar-refractivity contribution >= 4 is 11.4 Å². The molecule has 1 aromatic rings. The fourth-order valence-electron chi connectivity index (χ4n) is 2.94. The molecular weight excluding hydrogens is 260 g/mol. The summed E-state index contributed by atoms with van der Waals surface area (Å²) in [6.07, 6.45) is 2.21. The monoisotopic (exact) mass is 278 g/mol. The first-order valence-electron chi connectivity index (χ1n) is 6.79. The Morgan fingerprint density at radius 2 is 2.05 bits per heavy atom. The third kappa shape index (κ3) is 2.20. The second-order valence-electron chi connectivity index (χ2n) is 5.59. The molecule has 0 radical (unpaired) electrons. The standard InChI is InChI=1S/C14H18N2O4/c1-19-13-8-11(16(17)18)2-3-12(13)15-6-4-14(5-7-15)9-20-10-14/h2-3,8H,4-7,9-10H2,1H3. The van der Waals surface area contributed by atoms with E-state index in [2.05, 4.69) is 4.90 Å². The summed E-state index contributed by atoms with van der Waals surface area (Å²) >= 11 is 0. The summed E-state index contributed by atoms with van der Waals surface area (Å²) in [6, 6.07) is 4.81. The summed E-state index contributed by atoms with van der Waals surface area (Å²) in [6.45, 7) is 3.63. The fraction of sp³-hybridized carbons (Fsp3) is 0.571. The van der Waals surface area contributed by atoms with Gasteiger partial charge in [0, 0.05) is 24.6 Å². The van der Waals surface area contributed by atoms with Crippen LogP contribution in [0.25, 0.3) is 0 Å². The van der Waals surface area contributed by atoms with Crippen LogP contribution in [0.3, 0.4) is 0 Å². The van der Waals surface area contributed by atoms with Crippen LogP contribution in [0.4, 0.5) is 11.4 Å². The summed E-state index contributed by atoms with van der Waals surface area (Å²) in [4.78, 5) is 12.7. The zero-order valence-electron chi connectivity index (χ0n) is 11.5. The first-order chi connectivity index (χ1) is 9.63. The van der Waals surface area contributed by atoms with Crippen molar-refractivity contribution in [1.29, 1.82) is 0 Å². The number of methoxy groups -OCH3 is 1. The van der Waals surface area contributed by atoms with E-state index in [9.17, 15) is 10.1 Å². The number of rotatable bonds is 3. The molecule has 0 atom stereocenters. The Bertz CT molecular complexity index is 518. The molecule has 2 aliphatic heterocycles. The molecule has 2 saturated heterocycles. The average Bonchev–Trinajstić information content (AvgIpc) is 2.45. The average molecular weight is 278 g/mol. The van der Waals surface area contributed by atoms with Gasteiger partial charge in [0.1, 0.15) is 5.75 Å². The summed E-state index contributed by atoms with van der Waals surface area (Å²) in [7, 11) is 1.55. The summed E-state index contributed by atoms with van der Waals surface area (Å²) in [5, 5.41) is 10.8. The Hall–Kier alpha value is -1.82. The van der Waals surface area contributed by atoms with Crippen LogP contribution in [-0.2, 0) is 4.74 Å². The number of hydrogen-bond donors (Lipinski definition) is 0. The maximum absolute atomic E-state index is 10.8. The SMILES string of the molecule is COc1cc([N+](=O)[O-])ccc1N1CCC2(CC1)COC2. The van der Waals surface area contributed by atoms with Crippen LogP contribution in [0.1, 0.15) is 12.8 Å². The minimum atomic E-state index is -0.400. The highest BCUT2D eigenvalue weighted by atomic mass is 16.6. The van der Waals surface area contributed by atoms with Gasteiger partial charge in [-0.05, 0) is 18.9 Å². The quantitative estimate of drug-likeness (QED) is 0.626. The molecular formula is C14H18N2O4. The van der Waals surface area contributed by atoms with Gasteiger partial charge in [-0.25, -0.2) is 0 Å². The molecule has 2 heterocycles. The molecule has 2 aliphatic rings. The Morgan fingerprint density at radius 3 is 2.55 bits per heavy atom. The molecule has 108 valence electrons. The zero-order valence-corrected chi connectivity index (χ0v) is 11.5. The Labute approximate surface area is 117 Å². The molecule has 1 aromatic carbocycles. The Kier molecular flexibility index (Phi) is 3.25. The van der Waals surface area contributed by atoms with Crippen molar-refractivity contribution in [3.8, 4) is 5.75 Å². The Balaban J connectivity index is 1.78. The van der Waals surface area contributed by atoms with E-state index in [4.69, 9.17) is 9.47 Å². The van der Waals surface area contributed by atoms with Crippen LogP contribution in [-0.4, -0.2) is 38.3 Å².